The number of ether oxygens (including phenoxy) is 1. The van der Waals surface area contributed by atoms with Crippen LogP contribution in [0.4, 0.5) is 0 Å². The maximum absolute atomic E-state index is 13.7. The van der Waals surface area contributed by atoms with E-state index in [1.54, 1.807) is 11.1 Å². The lowest BCUT2D eigenvalue weighted by Gasteiger charge is -2.33. The van der Waals surface area contributed by atoms with Crippen molar-refractivity contribution in [3.05, 3.63) is 77.0 Å². The summed E-state index contributed by atoms with van der Waals surface area (Å²) in [4.78, 5) is 53.1. The van der Waals surface area contributed by atoms with E-state index in [9.17, 15) is 14.4 Å². The maximum atomic E-state index is 13.7. The molecule has 0 unspecified atom stereocenters. The quantitative estimate of drug-likeness (QED) is 0.186. The van der Waals surface area contributed by atoms with Crippen LogP contribution in [0.25, 0.3) is 27.9 Å². The number of carbonyl (C=O) groups excluding carboxylic acids is 3. The molecule has 0 saturated heterocycles. The fourth-order valence-corrected chi connectivity index (χ4v) is 5.58. The van der Waals surface area contributed by atoms with Crippen molar-refractivity contribution in [3.8, 4) is 17.1 Å². The number of methoxy groups -OCH3 is 1. The zero-order chi connectivity index (χ0) is 29.2. The minimum absolute atomic E-state index is 0.103. The van der Waals surface area contributed by atoms with E-state index < -0.39 is 17.6 Å². The first-order valence-corrected chi connectivity index (χ1v) is 13.7. The van der Waals surface area contributed by atoms with Crippen molar-refractivity contribution in [2.75, 3.05) is 33.4 Å². The molecule has 1 aliphatic carbocycles. The second-order valence-corrected chi connectivity index (χ2v) is 10.0. The lowest BCUT2D eigenvalue weighted by atomic mass is 9.84. The topological polar surface area (TPSA) is 166 Å². The van der Waals surface area contributed by atoms with Gasteiger partial charge in [-0.1, -0.05) is 12.1 Å². The monoisotopic (exact) mass is 567 g/mol. The number of carbonyl (C=O) groups is 3. The van der Waals surface area contributed by atoms with Gasteiger partial charge in [0.25, 0.3) is 17.6 Å². The van der Waals surface area contributed by atoms with E-state index in [0.29, 0.717) is 47.6 Å². The molecule has 0 fully saturated rings. The number of aromatic amines is 2. The molecule has 0 atom stereocenters. The Balaban J connectivity index is 1.27. The van der Waals surface area contributed by atoms with Gasteiger partial charge in [-0.05, 0) is 54.2 Å². The van der Waals surface area contributed by atoms with Gasteiger partial charge in [0, 0.05) is 32.0 Å². The van der Waals surface area contributed by atoms with E-state index in [4.69, 9.17) is 9.84 Å². The first-order valence-electron chi connectivity index (χ1n) is 13.7. The van der Waals surface area contributed by atoms with Gasteiger partial charge in [0.2, 0.25) is 0 Å². The van der Waals surface area contributed by atoms with E-state index in [0.717, 1.165) is 29.7 Å². The molecule has 4 aromatic rings. The summed E-state index contributed by atoms with van der Waals surface area (Å²) >= 11 is 0. The van der Waals surface area contributed by atoms with Gasteiger partial charge in [-0.25, -0.2) is 4.98 Å². The first kappa shape index (κ1) is 27.1. The van der Waals surface area contributed by atoms with E-state index >= 15 is 0 Å². The van der Waals surface area contributed by atoms with Gasteiger partial charge >= 0.3 is 0 Å². The van der Waals surface area contributed by atoms with Crippen LogP contribution in [0.3, 0.4) is 0 Å². The van der Waals surface area contributed by atoms with Crippen LogP contribution < -0.4 is 10.1 Å². The zero-order valence-electron chi connectivity index (χ0n) is 22.9. The van der Waals surface area contributed by atoms with Gasteiger partial charge in [0.15, 0.2) is 0 Å². The van der Waals surface area contributed by atoms with Crippen molar-refractivity contribution in [1.82, 2.24) is 35.4 Å². The summed E-state index contributed by atoms with van der Waals surface area (Å²) in [5.74, 6) is -1.34. The summed E-state index contributed by atoms with van der Waals surface area (Å²) < 4.78 is 5.51. The number of H-pyrrole nitrogens is 2. The Kier molecular flexibility index (Phi) is 7.36. The molecule has 5 heterocycles. The lowest BCUT2D eigenvalue weighted by molar-refractivity contribution is -0.126. The minimum Gasteiger partial charge on any atom is -0.494 e. The van der Waals surface area contributed by atoms with Crippen LogP contribution in [0.15, 0.2) is 60.1 Å². The van der Waals surface area contributed by atoms with E-state index in [-0.39, 0.29) is 24.4 Å². The summed E-state index contributed by atoms with van der Waals surface area (Å²) in [5.41, 5.74) is 5.94. The maximum Gasteiger partial charge on any atom is 0.295 e. The fraction of sp³-hybridized carbons (Fsp3) is 0.267. The van der Waals surface area contributed by atoms with Gasteiger partial charge in [-0.3, -0.25) is 24.5 Å². The Morgan fingerprint density at radius 1 is 1.17 bits per heavy atom. The number of aliphatic hydroxyl groups is 1. The summed E-state index contributed by atoms with van der Waals surface area (Å²) in [6, 6.07) is 7.36. The average molecular weight is 568 g/mol. The molecule has 2 amide bonds. The molecule has 0 saturated carbocycles. The van der Waals surface area contributed by atoms with Crippen molar-refractivity contribution in [1.29, 1.82) is 0 Å². The molecule has 1 aliphatic heterocycles. The van der Waals surface area contributed by atoms with Crippen LogP contribution in [0.2, 0.25) is 0 Å². The Bertz CT molecular complexity index is 1750. The van der Waals surface area contributed by atoms with Crippen molar-refractivity contribution >= 4 is 34.1 Å². The molecule has 0 radical (unpaired) electrons. The standard InChI is InChI=1S/C30H29N7O5/c1-42-24-15-34-26(22-13-23(36-35-22)29(40)32-10-12-38)27-25(24)20(14-33-27)28(39)30(41)37-11-8-18-17(16-37)5-4-6-19(18)21-7-2-3-9-31-21/h2-3,6-7,9,13-15,33,38H,4-5,8,10-12,16H2,1H3,(H,32,40)(H,35,36). The number of hydrogen-bond acceptors (Lipinski definition) is 8. The minimum atomic E-state index is -0.650. The molecule has 6 rings (SSSR count). The number of hydrogen-bond donors (Lipinski definition) is 4. The summed E-state index contributed by atoms with van der Waals surface area (Å²) in [5, 5.41) is 18.8. The zero-order valence-corrected chi connectivity index (χ0v) is 22.9. The molecule has 4 N–H and O–H groups in total. The first-order chi connectivity index (χ1) is 20.5. The van der Waals surface area contributed by atoms with Crippen molar-refractivity contribution in [2.24, 2.45) is 0 Å². The Labute approximate surface area is 240 Å². The van der Waals surface area contributed by atoms with Gasteiger partial charge in [0.1, 0.15) is 22.8 Å². The number of rotatable bonds is 8. The highest BCUT2D eigenvalue weighted by molar-refractivity contribution is 6.45. The lowest BCUT2D eigenvalue weighted by Crippen LogP contribution is -2.41. The number of amides is 2. The molecule has 42 heavy (non-hydrogen) atoms. The highest BCUT2D eigenvalue weighted by atomic mass is 16.5. The Morgan fingerprint density at radius 2 is 2.05 bits per heavy atom. The average Bonchev–Trinajstić information content (AvgIpc) is 3.71. The smallest absolute Gasteiger partial charge is 0.295 e. The van der Waals surface area contributed by atoms with E-state index in [1.807, 2.05) is 18.2 Å². The van der Waals surface area contributed by atoms with Gasteiger partial charge in [-0.15, -0.1) is 0 Å². The largest absolute Gasteiger partial charge is 0.494 e. The highest BCUT2D eigenvalue weighted by Crippen LogP contribution is 2.38. The van der Waals surface area contributed by atoms with Crippen molar-refractivity contribution < 1.29 is 24.2 Å². The molecule has 12 nitrogen and oxygen atoms in total. The second-order valence-electron chi connectivity index (χ2n) is 10.0. The molecule has 0 aromatic carbocycles. The highest BCUT2D eigenvalue weighted by Gasteiger charge is 2.32. The van der Waals surface area contributed by atoms with Gasteiger partial charge in [-0.2, -0.15) is 5.10 Å². The van der Waals surface area contributed by atoms with Crippen LogP contribution in [0.5, 0.6) is 5.75 Å². The molecule has 2 aliphatic rings. The number of nitrogens with zero attached hydrogens (tertiary/aromatic N) is 4. The van der Waals surface area contributed by atoms with Gasteiger partial charge in [0.05, 0.1) is 42.1 Å². The number of Topliss-reactive ketones (excluding diaryl/α,β-unsaturated/α-hetero) is 1. The number of fused-ring (bicyclic) bond motifs is 1. The molecule has 0 spiro atoms. The van der Waals surface area contributed by atoms with Crippen LogP contribution >= 0.6 is 0 Å². The third-order valence-corrected chi connectivity index (χ3v) is 7.58. The number of ketones is 1. The number of pyridine rings is 2. The van der Waals surface area contributed by atoms with Crippen LogP contribution in [-0.2, 0) is 4.79 Å². The Hall–Kier alpha value is -5.10. The number of allylic oxidation sites excluding steroid dienone is 2. The molecule has 4 aromatic heterocycles. The molecule has 12 heteroatoms. The number of nitrogens with one attached hydrogen (secondary N) is 3. The van der Waals surface area contributed by atoms with E-state index in [2.05, 4.69) is 36.5 Å². The third kappa shape index (κ3) is 4.85. The summed E-state index contributed by atoms with van der Waals surface area (Å²) in [6.45, 7) is 0.732. The van der Waals surface area contributed by atoms with Crippen LogP contribution in [0, 0.1) is 0 Å². The SMILES string of the molecule is COc1cnc(-c2cc(C(=O)NCCO)[nH]n2)c2[nH]cc(C(=O)C(=O)N3CCC4=C(CCC=C4c4ccccn4)C3)c12. The van der Waals surface area contributed by atoms with Crippen LogP contribution in [0.1, 0.15) is 45.8 Å². The molecular weight excluding hydrogens is 538 g/mol. The molecule has 214 valence electrons. The normalized spacial score (nSPS) is 14.9. The third-order valence-electron chi connectivity index (χ3n) is 7.58. The predicted octanol–water partition coefficient (Wildman–Crippen LogP) is 2.67. The second kappa shape index (κ2) is 11.4. The fourth-order valence-electron chi connectivity index (χ4n) is 5.58. The Morgan fingerprint density at radius 3 is 2.83 bits per heavy atom. The number of aliphatic hydroxyl groups excluding tert-OH is 1. The van der Waals surface area contributed by atoms with Crippen molar-refractivity contribution in [3.63, 3.8) is 0 Å². The molecule has 0 bridgehead atoms. The predicted molar refractivity (Wildman–Crippen MR) is 154 cm³/mol. The summed E-state index contributed by atoms with van der Waals surface area (Å²) in [7, 11) is 1.46. The molecular formula is C30H29N7O5. The van der Waals surface area contributed by atoms with Gasteiger partial charge < -0.3 is 25.0 Å². The number of aromatic nitrogens is 5. The van der Waals surface area contributed by atoms with Crippen molar-refractivity contribution in [2.45, 2.75) is 19.3 Å². The van der Waals surface area contributed by atoms with E-state index in [1.165, 1.54) is 31.1 Å². The van der Waals surface area contributed by atoms with Crippen LogP contribution in [-0.4, -0.2) is 86.1 Å². The summed E-state index contributed by atoms with van der Waals surface area (Å²) in [6.07, 6.45) is 9.26.